The van der Waals surface area contributed by atoms with Crippen molar-refractivity contribution in [3.63, 3.8) is 0 Å². The molecule has 98 valence electrons. The topological polar surface area (TPSA) is 32.3 Å². The number of nitrogens with zero attached hydrogens (tertiary/aromatic N) is 1. The first-order chi connectivity index (χ1) is 9.18. The molecular formula is C16H18N2O. The number of carbonyl (C=O) groups is 1. The van der Waals surface area contributed by atoms with Crippen LogP contribution >= 0.6 is 0 Å². The van der Waals surface area contributed by atoms with E-state index in [1.165, 1.54) is 0 Å². The van der Waals surface area contributed by atoms with Gasteiger partial charge in [0.25, 0.3) is 0 Å². The summed E-state index contributed by atoms with van der Waals surface area (Å²) in [5.74, 6) is 0. The second-order valence-corrected chi connectivity index (χ2v) is 4.49. The Balaban J connectivity index is 1.99. The summed E-state index contributed by atoms with van der Waals surface area (Å²) >= 11 is 0. The fourth-order valence-corrected chi connectivity index (χ4v) is 1.94. The predicted octanol–water partition coefficient (Wildman–Crippen LogP) is 3.34. The van der Waals surface area contributed by atoms with Gasteiger partial charge in [0.2, 0.25) is 0 Å². The molecule has 0 radical (unpaired) electrons. The number of carbonyl (C=O) groups excluding carboxylic acids is 1. The van der Waals surface area contributed by atoms with Gasteiger partial charge >= 0.3 is 6.03 Å². The van der Waals surface area contributed by atoms with Gasteiger partial charge in [0.15, 0.2) is 0 Å². The van der Waals surface area contributed by atoms with E-state index in [9.17, 15) is 4.79 Å². The number of nitrogens with one attached hydrogen (secondary N) is 1. The number of rotatable bonds is 3. The van der Waals surface area contributed by atoms with E-state index in [0.29, 0.717) is 6.54 Å². The van der Waals surface area contributed by atoms with Crippen molar-refractivity contribution in [2.75, 3.05) is 11.9 Å². The molecular weight excluding hydrogens is 236 g/mol. The lowest BCUT2D eigenvalue weighted by Gasteiger charge is -2.20. The third-order valence-corrected chi connectivity index (χ3v) is 3.07. The lowest BCUT2D eigenvalue weighted by Crippen LogP contribution is -2.37. The molecule has 19 heavy (non-hydrogen) atoms. The quantitative estimate of drug-likeness (QED) is 0.895. The normalized spacial score (nSPS) is 10.0. The average Bonchev–Trinajstić information content (AvgIpc) is 2.45. The molecule has 0 spiro atoms. The SMILES string of the molecule is Cc1ccccc1N(C)C(=O)NCc1ccccc1. The summed E-state index contributed by atoms with van der Waals surface area (Å²) in [6.07, 6.45) is 0. The zero-order chi connectivity index (χ0) is 13.7. The van der Waals surface area contributed by atoms with Crippen LogP contribution in [0, 0.1) is 6.92 Å². The van der Waals surface area contributed by atoms with Gasteiger partial charge in [0.05, 0.1) is 0 Å². The van der Waals surface area contributed by atoms with Gasteiger partial charge in [0, 0.05) is 19.3 Å². The van der Waals surface area contributed by atoms with Crippen molar-refractivity contribution in [1.82, 2.24) is 5.32 Å². The van der Waals surface area contributed by atoms with Crippen molar-refractivity contribution in [2.45, 2.75) is 13.5 Å². The van der Waals surface area contributed by atoms with Crippen LogP contribution in [-0.2, 0) is 6.54 Å². The molecule has 2 aromatic rings. The van der Waals surface area contributed by atoms with Gasteiger partial charge in [-0.1, -0.05) is 48.5 Å². The van der Waals surface area contributed by atoms with Crippen molar-refractivity contribution in [2.24, 2.45) is 0 Å². The van der Waals surface area contributed by atoms with Gasteiger partial charge in [-0.2, -0.15) is 0 Å². The van der Waals surface area contributed by atoms with E-state index >= 15 is 0 Å². The molecule has 0 aromatic heterocycles. The summed E-state index contributed by atoms with van der Waals surface area (Å²) in [5.41, 5.74) is 3.10. The Morgan fingerprint density at radius 2 is 1.68 bits per heavy atom. The Bertz CT molecular complexity index is 552. The molecule has 0 saturated heterocycles. The van der Waals surface area contributed by atoms with E-state index in [0.717, 1.165) is 16.8 Å². The summed E-state index contributed by atoms with van der Waals surface area (Å²) in [5, 5.41) is 2.91. The zero-order valence-electron chi connectivity index (χ0n) is 11.3. The summed E-state index contributed by atoms with van der Waals surface area (Å²) in [4.78, 5) is 13.7. The zero-order valence-corrected chi connectivity index (χ0v) is 11.3. The average molecular weight is 254 g/mol. The summed E-state index contributed by atoms with van der Waals surface area (Å²) in [6.45, 7) is 2.53. The monoisotopic (exact) mass is 254 g/mol. The van der Waals surface area contributed by atoms with Crippen LogP contribution in [0.15, 0.2) is 54.6 Å². The van der Waals surface area contributed by atoms with Gasteiger partial charge in [0.1, 0.15) is 0 Å². The highest BCUT2D eigenvalue weighted by molar-refractivity contribution is 5.92. The molecule has 0 atom stereocenters. The minimum atomic E-state index is -0.0989. The molecule has 2 rings (SSSR count). The van der Waals surface area contributed by atoms with Gasteiger partial charge in [-0.05, 0) is 24.1 Å². The Morgan fingerprint density at radius 1 is 1.05 bits per heavy atom. The number of benzene rings is 2. The molecule has 3 heteroatoms. The van der Waals surface area contributed by atoms with Crippen molar-refractivity contribution in [3.8, 4) is 0 Å². The van der Waals surface area contributed by atoms with Gasteiger partial charge in [-0.3, -0.25) is 4.90 Å². The molecule has 0 aliphatic carbocycles. The fourth-order valence-electron chi connectivity index (χ4n) is 1.94. The number of amides is 2. The molecule has 0 aliphatic heterocycles. The Hall–Kier alpha value is -2.29. The molecule has 0 heterocycles. The van der Waals surface area contributed by atoms with Crippen molar-refractivity contribution in [1.29, 1.82) is 0 Å². The Morgan fingerprint density at radius 3 is 2.37 bits per heavy atom. The van der Waals surface area contributed by atoms with Crippen LogP contribution in [0.3, 0.4) is 0 Å². The maximum absolute atomic E-state index is 12.1. The minimum Gasteiger partial charge on any atom is -0.334 e. The van der Waals surface area contributed by atoms with Crippen LogP contribution in [0.1, 0.15) is 11.1 Å². The summed E-state index contributed by atoms with van der Waals surface area (Å²) in [6, 6.07) is 17.6. The maximum atomic E-state index is 12.1. The highest BCUT2D eigenvalue weighted by Gasteiger charge is 2.11. The van der Waals surface area contributed by atoms with E-state index in [-0.39, 0.29) is 6.03 Å². The van der Waals surface area contributed by atoms with Crippen LogP contribution in [0.25, 0.3) is 0 Å². The number of anilines is 1. The predicted molar refractivity (Wildman–Crippen MR) is 78.3 cm³/mol. The van der Waals surface area contributed by atoms with Gasteiger partial charge in [-0.15, -0.1) is 0 Å². The van der Waals surface area contributed by atoms with Gasteiger partial charge < -0.3 is 5.32 Å². The fraction of sp³-hybridized carbons (Fsp3) is 0.188. The van der Waals surface area contributed by atoms with Crippen LogP contribution in [0.2, 0.25) is 0 Å². The molecule has 1 N–H and O–H groups in total. The number of hydrogen-bond donors (Lipinski definition) is 1. The number of aryl methyl sites for hydroxylation is 1. The first-order valence-corrected chi connectivity index (χ1v) is 6.29. The van der Waals surface area contributed by atoms with E-state index in [4.69, 9.17) is 0 Å². The second kappa shape index (κ2) is 6.05. The largest absolute Gasteiger partial charge is 0.334 e. The van der Waals surface area contributed by atoms with E-state index in [1.807, 2.05) is 61.5 Å². The number of hydrogen-bond acceptors (Lipinski definition) is 1. The molecule has 0 bridgehead atoms. The molecule has 3 nitrogen and oxygen atoms in total. The third-order valence-electron chi connectivity index (χ3n) is 3.07. The summed E-state index contributed by atoms with van der Waals surface area (Å²) in [7, 11) is 1.78. The minimum absolute atomic E-state index is 0.0989. The number of urea groups is 1. The molecule has 2 aromatic carbocycles. The first-order valence-electron chi connectivity index (χ1n) is 6.29. The van der Waals surface area contributed by atoms with Crippen LogP contribution in [0.5, 0.6) is 0 Å². The highest BCUT2D eigenvalue weighted by atomic mass is 16.2. The van der Waals surface area contributed by atoms with E-state index in [2.05, 4.69) is 5.32 Å². The van der Waals surface area contributed by atoms with Crippen LogP contribution in [-0.4, -0.2) is 13.1 Å². The van der Waals surface area contributed by atoms with E-state index < -0.39 is 0 Å². The summed E-state index contributed by atoms with van der Waals surface area (Å²) < 4.78 is 0. The molecule has 0 aliphatic rings. The van der Waals surface area contributed by atoms with Crippen LogP contribution < -0.4 is 10.2 Å². The van der Waals surface area contributed by atoms with Crippen molar-refractivity contribution in [3.05, 3.63) is 65.7 Å². The molecule has 0 saturated carbocycles. The molecule has 2 amide bonds. The standard InChI is InChI=1S/C16H18N2O/c1-13-8-6-7-11-15(13)18(2)16(19)17-12-14-9-4-3-5-10-14/h3-11H,12H2,1-2H3,(H,17,19). The van der Waals surface area contributed by atoms with Crippen molar-refractivity contribution < 1.29 is 4.79 Å². The molecule has 0 unspecified atom stereocenters. The third kappa shape index (κ3) is 3.35. The van der Waals surface area contributed by atoms with E-state index in [1.54, 1.807) is 11.9 Å². The molecule has 0 fully saturated rings. The van der Waals surface area contributed by atoms with Crippen molar-refractivity contribution >= 4 is 11.7 Å². The lowest BCUT2D eigenvalue weighted by atomic mass is 10.2. The second-order valence-electron chi connectivity index (χ2n) is 4.49. The first kappa shape index (κ1) is 13.1. The Labute approximate surface area is 113 Å². The maximum Gasteiger partial charge on any atom is 0.321 e. The highest BCUT2D eigenvalue weighted by Crippen LogP contribution is 2.17. The smallest absolute Gasteiger partial charge is 0.321 e. The number of para-hydroxylation sites is 1. The van der Waals surface area contributed by atoms with Crippen LogP contribution in [0.4, 0.5) is 10.5 Å². The lowest BCUT2D eigenvalue weighted by molar-refractivity contribution is 0.247. The van der Waals surface area contributed by atoms with Gasteiger partial charge in [-0.25, -0.2) is 4.79 Å². The Kier molecular flexibility index (Phi) is 4.18.